The molecule has 0 fully saturated rings. The van der Waals surface area contributed by atoms with Gasteiger partial charge in [-0.3, -0.25) is 4.79 Å². The first kappa shape index (κ1) is 13.7. The van der Waals surface area contributed by atoms with Gasteiger partial charge in [-0.15, -0.1) is 0 Å². The summed E-state index contributed by atoms with van der Waals surface area (Å²) in [5.41, 5.74) is 3.83. The Balaban J connectivity index is 1.82. The average molecular weight is 281 g/mol. The first-order valence-corrected chi connectivity index (χ1v) is 7.51. The highest BCUT2D eigenvalue weighted by Crippen LogP contribution is 2.21. The smallest absolute Gasteiger partial charge is 0.227 e. The van der Waals surface area contributed by atoms with Gasteiger partial charge in [0.25, 0.3) is 0 Å². The molecular formula is C17H19N3O. The van der Waals surface area contributed by atoms with Crippen molar-refractivity contribution in [1.82, 2.24) is 9.97 Å². The Labute approximate surface area is 124 Å². The van der Waals surface area contributed by atoms with Crippen LogP contribution in [0.5, 0.6) is 0 Å². The molecule has 1 aromatic carbocycles. The topological polar surface area (TPSA) is 54.9 Å². The molecule has 1 N–H and O–H groups in total. The van der Waals surface area contributed by atoms with Gasteiger partial charge >= 0.3 is 0 Å². The van der Waals surface area contributed by atoms with Crippen LogP contribution in [-0.2, 0) is 12.8 Å². The maximum Gasteiger partial charge on any atom is 0.227 e. The number of benzene rings is 1. The Hall–Kier alpha value is -2.23. The molecule has 0 saturated heterocycles. The van der Waals surface area contributed by atoms with Crippen molar-refractivity contribution in [2.45, 2.75) is 39.0 Å². The molecule has 0 saturated carbocycles. The number of aromatic nitrogens is 2. The third-order valence-corrected chi connectivity index (χ3v) is 3.85. The van der Waals surface area contributed by atoms with Gasteiger partial charge in [-0.2, -0.15) is 0 Å². The summed E-state index contributed by atoms with van der Waals surface area (Å²) < 4.78 is 0. The number of carbonyl (C=O) groups excluding carboxylic acids is 1. The zero-order valence-electron chi connectivity index (χ0n) is 12.2. The molecule has 0 radical (unpaired) electrons. The molecule has 108 valence electrons. The van der Waals surface area contributed by atoms with Crippen molar-refractivity contribution in [2.24, 2.45) is 0 Å². The SMILES string of the molecule is CCc1ccc(Nc2ncc3c(n2)CCCCC3=O)cc1. The van der Waals surface area contributed by atoms with E-state index >= 15 is 0 Å². The summed E-state index contributed by atoms with van der Waals surface area (Å²) in [6.45, 7) is 2.13. The largest absolute Gasteiger partial charge is 0.324 e. The Morgan fingerprint density at radius 3 is 2.67 bits per heavy atom. The number of ketones is 1. The van der Waals surface area contributed by atoms with Crippen LogP contribution in [0.2, 0.25) is 0 Å². The third kappa shape index (κ3) is 3.10. The van der Waals surface area contributed by atoms with Gasteiger partial charge in [0.05, 0.1) is 11.3 Å². The van der Waals surface area contributed by atoms with E-state index < -0.39 is 0 Å². The van der Waals surface area contributed by atoms with E-state index in [1.165, 1.54) is 5.56 Å². The molecule has 21 heavy (non-hydrogen) atoms. The minimum atomic E-state index is 0.168. The monoisotopic (exact) mass is 281 g/mol. The molecule has 1 aromatic heterocycles. The Kier molecular flexibility index (Phi) is 3.95. The highest BCUT2D eigenvalue weighted by atomic mass is 16.1. The van der Waals surface area contributed by atoms with Gasteiger partial charge in [0.15, 0.2) is 5.78 Å². The predicted molar refractivity (Wildman–Crippen MR) is 83.0 cm³/mol. The molecule has 0 bridgehead atoms. The van der Waals surface area contributed by atoms with Gasteiger partial charge < -0.3 is 5.32 Å². The molecule has 1 heterocycles. The molecule has 2 aromatic rings. The number of hydrogen-bond donors (Lipinski definition) is 1. The Morgan fingerprint density at radius 2 is 1.90 bits per heavy atom. The molecule has 0 atom stereocenters. The molecule has 0 aliphatic heterocycles. The number of aryl methyl sites for hydroxylation is 2. The molecule has 1 aliphatic carbocycles. The van der Waals surface area contributed by atoms with Gasteiger partial charge in [-0.25, -0.2) is 9.97 Å². The number of rotatable bonds is 3. The van der Waals surface area contributed by atoms with Gasteiger partial charge in [0.2, 0.25) is 5.95 Å². The minimum absolute atomic E-state index is 0.168. The van der Waals surface area contributed by atoms with E-state index in [4.69, 9.17) is 0 Å². The normalized spacial score (nSPS) is 14.4. The standard InChI is InChI=1S/C17H19N3O/c1-2-12-7-9-13(10-8-12)19-17-18-11-14-15(20-17)5-3-4-6-16(14)21/h7-11H,2-6H2,1H3,(H,18,19,20). The first-order chi connectivity index (χ1) is 10.3. The second kappa shape index (κ2) is 6.04. The highest BCUT2D eigenvalue weighted by molar-refractivity contribution is 5.97. The van der Waals surface area contributed by atoms with Crippen LogP contribution in [0.4, 0.5) is 11.6 Å². The molecule has 0 unspecified atom stereocenters. The Bertz CT molecular complexity index is 650. The van der Waals surface area contributed by atoms with E-state index in [0.29, 0.717) is 17.9 Å². The summed E-state index contributed by atoms with van der Waals surface area (Å²) in [4.78, 5) is 20.7. The van der Waals surface area contributed by atoms with Crippen LogP contribution in [0.1, 0.15) is 47.8 Å². The molecule has 3 rings (SSSR count). The summed E-state index contributed by atoms with van der Waals surface area (Å²) in [5, 5.41) is 3.21. The zero-order valence-corrected chi connectivity index (χ0v) is 12.2. The lowest BCUT2D eigenvalue weighted by Crippen LogP contribution is -2.06. The van der Waals surface area contributed by atoms with Crippen LogP contribution in [0.25, 0.3) is 0 Å². The van der Waals surface area contributed by atoms with E-state index in [1.807, 2.05) is 12.1 Å². The first-order valence-electron chi connectivity index (χ1n) is 7.51. The summed E-state index contributed by atoms with van der Waals surface area (Å²) in [6.07, 6.45) is 6.11. The number of nitrogens with one attached hydrogen (secondary N) is 1. The number of Topliss-reactive ketones (excluding diaryl/α,β-unsaturated/α-hetero) is 1. The van der Waals surface area contributed by atoms with Crippen molar-refractivity contribution in [3.05, 3.63) is 47.3 Å². The van der Waals surface area contributed by atoms with Crippen molar-refractivity contribution < 1.29 is 4.79 Å². The molecule has 4 heteroatoms. The van der Waals surface area contributed by atoms with E-state index in [2.05, 4.69) is 34.3 Å². The van der Waals surface area contributed by atoms with Crippen LogP contribution in [0.3, 0.4) is 0 Å². The number of anilines is 2. The van der Waals surface area contributed by atoms with Gasteiger partial charge in [0.1, 0.15) is 0 Å². The van der Waals surface area contributed by atoms with E-state index in [-0.39, 0.29) is 5.78 Å². The Morgan fingerprint density at radius 1 is 1.14 bits per heavy atom. The summed E-state index contributed by atoms with van der Waals surface area (Å²) >= 11 is 0. The van der Waals surface area contributed by atoms with Crippen LogP contribution >= 0.6 is 0 Å². The summed E-state index contributed by atoms with van der Waals surface area (Å²) in [5.74, 6) is 0.731. The summed E-state index contributed by atoms with van der Waals surface area (Å²) in [7, 11) is 0. The molecule has 0 spiro atoms. The number of fused-ring (bicyclic) bond motifs is 1. The predicted octanol–water partition coefficient (Wildman–Crippen LogP) is 3.69. The number of carbonyl (C=O) groups is 1. The lowest BCUT2D eigenvalue weighted by atomic mass is 10.1. The fourth-order valence-electron chi connectivity index (χ4n) is 2.57. The molecule has 0 amide bonds. The van der Waals surface area contributed by atoms with Crippen molar-refractivity contribution in [2.75, 3.05) is 5.32 Å². The van der Waals surface area contributed by atoms with Gasteiger partial charge in [-0.05, 0) is 43.4 Å². The molecule has 4 nitrogen and oxygen atoms in total. The van der Waals surface area contributed by atoms with E-state index in [0.717, 1.165) is 37.1 Å². The van der Waals surface area contributed by atoms with E-state index in [9.17, 15) is 4.79 Å². The number of nitrogens with zero attached hydrogens (tertiary/aromatic N) is 2. The van der Waals surface area contributed by atoms with Crippen LogP contribution in [-0.4, -0.2) is 15.8 Å². The molecular weight excluding hydrogens is 262 g/mol. The second-order valence-electron chi connectivity index (χ2n) is 5.36. The lowest BCUT2D eigenvalue weighted by molar-refractivity contribution is 0.0981. The third-order valence-electron chi connectivity index (χ3n) is 3.85. The maximum absolute atomic E-state index is 11.9. The number of hydrogen-bond acceptors (Lipinski definition) is 4. The lowest BCUT2D eigenvalue weighted by Gasteiger charge is -2.08. The van der Waals surface area contributed by atoms with E-state index in [1.54, 1.807) is 6.20 Å². The van der Waals surface area contributed by atoms with Crippen LogP contribution in [0, 0.1) is 0 Å². The second-order valence-corrected chi connectivity index (χ2v) is 5.36. The fraction of sp³-hybridized carbons (Fsp3) is 0.353. The van der Waals surface area contributed by atoms with Crippen LogP contribution in [0.15, 0.2) is 30.5 Å². The van der Waals surface area contributed by atoms with Crippen molar-refractivity contribution in [3.8, 4) is 0 Å². The van der Waals surface area contributed by atoms with Crippen molar-refractivity contribution >= 4 is 17.4 Å². The average Bonchev–Trinajstić information content (AvgIpc) is 2.70. The van der Waals surface area contributed by atoms with Crippen molar-refractivity contribution in [3.63, 3.8) is 0 Å². The highest BCUT2D eigenvalue weighted by Gasteiger charge is 2.17. The summed E-state index contributed by atoms with van der Waals surface area (Å²) in [6, 6.07) is 8.24. The van der Waals surface area contributed by atoms with Gasteiger partial charge in [-0.1, -0.05) is 19.1 Å². The van der Waals surface area contributed by atoms with Crippen LogP contribution < -0.4 is 5.32 Å². The zero-order chi connectivity index (χ0) is 14.7. The maximum atomic E-state index is 11.9. The minimum Gasteiger partial charge on any atom is -0.324 e. The quantitative estimate of drug-likeness (QED) is 0.872. The van der Waals surface area contributed by atoms with Gasteiger partial charge in [0, 0.05) is 18.3 Å². The van der Waals surface area contributed by atoms with Crippen molar-refractivity contribution in [1.29, 1.82) is 0 Å². The molecule has 1 aliphatic rings. The fourth-order valence-corrected chi connectivity index (χ4v) is 2.57.